The van der Waals surface area contributed by atoms with E-state index in [0.717, 1.165) is 0 Å². The van der Waals surface area contributed by atoms with E-state index in [2.05, 4.69) is 0 Å². The highest BCUT2D eigenvalue weighted by molar-refractivity contribution is 7.79. The standard InChI is InChI=1S/C13H20O6S/c1-12(2,3)18-9(14)7-8(17-11(20)16-7)10(15)19-13(4,5)6/h7-8H,1-6H3/t7-,8-/m1/s1. The lowest BCUT2D eigenvalue weighted by molar-refractivity contribution is -0.175. The first kappa shape index (κ1) is 16.7. The van der Waals surface area contributed by atoms with Crippen molar-refractivity contribution in [2.75, 3.05) is 0 Å². The van der Waals surface area contributed by atoms with Crippen LogP contribution in [0, 0.1) is 0 Å². The molecule has 0 aromatic carbocycles. The van der Waals surface area contributed by atoms with Gasteiger partial charge in [-0.1, -0.05) is 0 Å². The molecule has 0 N–H and O–H groups in total. The summed E-state index contributed by atoms with van der Waals surface area (Å²) >= 11 is 4.73. The first-order valence-electron chi connectivity index (χ1n) is 6.22. The Labute approximate surface area is 123 Å². The largest absolute Gasteiger partial charge is 0.457 e. The topological polar surface area (TPSA) is 71.1 Å². The molecular formula is C13H20O6S. The van der Waals surface area contributed by atoms with E-state index in [0.29, 0.717) is 0 Å². The maximum atomic E-state index is 12.0. The van der Waals surface area contributed by atoms with Crippen LogP contribution in [0.1, 0.15) is 41.5 Å². The SMILES string of the molecule is CC(C)(C)OC(=O)[C@@H]1OC(=S)O[C@H]1C(=O)OC(C)(C)C. The van der Waals surface area contributed by atoms with Crippen LogP contribution in [0.15, 0.2) is 0 Å². The van der Waals surface area contributed by atoms with Gasteiger partial charge in [-0.3, -0.25) is 0 Å². The highest BCUT2D eigenvalue weighted by Crippen LogP contribution is 2.22. The number of carbonyl (C=O) groups is 2. The van der Waals surface area contributed by atoms with Crippen LogP contribution in [-0.4, -0.2) is 40.6 Å². The van der Waals surface area contributed by atoms with E-state index in [1.165, 1.54) is 0 Å². The van der Waals surface area contributed by atoms with Crippen LogP contribution < -0.4 is 0 Å². The summed E-state index contributed by atoms with van der Waals surface area (Å²) in [6.45, 7) is 10.3. The molecule has 7 heteroatoms. The molecule has 1 saturated heterocycles. The summed E-state index contributed by atoms with van der Waals surface area (Å²) in [6.07, 6.45) is -2.48. The van der Waals surface area contributed by atoms with E-state index < -0.39 is 35.3 Å². The second-order valence-corrected chi connectivity index (χ2v) is 6.73. The Hall–Kier alpha value is -1.37. The maximum absolute atomic E-state index is 12.0. The van der Waals surface area contributed by atoms with Crippen LogP contribution >= 0.6 is 12.2 Å². The monoisotopic (exact) mass is 304 g/mol. The zero-order valence-corrected chi connectivity index (χ0v) is 13.3. The molecule has 0 bridgehead atoms. The van der Waals surface area contributed by atoms with E-state index in [9.17, 15) is 9.59 Å². The van der Waals surface area contributed by atoms with Gasteiger partial charge in [-0.2, -0.15) is 0 Å². The van der Waals surface area contributed by atoms with Gasteiger partial charge in [0.25, 0.3) is 0 Å². The van der Waals surface area contributed by atoms with E-state index in [1.807, 2.05) is 0 Å². The average Bonchev–Trinajstić information content (AvgIpc) is 2.55. The molecular weight excluding hydrogens is 284 g/mol. The van der Waals surface area contributed by atoms with Crippen molar-refractivity contribution >= 4 is 29.4 Å². The molecule has 1 rings (SSSR count). The zero-order valence-electron chi connectivity index (χ0n) is 12.5. The molecule has 0 aromatic rings. The highest BCUT2D eigenvalue weighted by Gasteiger charge is 2.48. The fourth-order valence-corrected chi connectivity index (χ4v) is 1.63. The number of thiocarbonyl (C=S) groups is 1. The quantitative estimate of drug-likeness (QED) is 0.568. The highest BCUT2D eigenvalue weighted by atomic mass is 32.1. The van der Waals surface area contributed by atoms with Crippen molar-refractivity contribution in [3.63, 3.8) is 0 Å². The van der Waals surface area contributed by atoms with Crippen LogP contribution in [0.5, 0.6) is 0 Å². The van der Waals surface area contributed by atoms with Crippen molar-refractivity contribution in [3.8, 4) is 0 Å². The van der Waals surface area contributed by atoms with Crippen molar-refractivity contribution in [2.45, 2.75) is 65.0 Å². The van der Waals surface area contributed by atoms with Gasteiger partial charge in [0, 0.05) is 12.2 Å². The Morgan fingerprint density at radius 1 is 0.900 bits per heavy atom. The summed E-state index contributed by atoms with van der Waals surface area (Å²) in [6, 6.07) is 0. The normalized spacial score (nSPS) is 22.8. The summed E-state index contributed by atoms with van der Waals surface area (Å²) in [7, 11) is 0. The summed E-state index contributed by atoms with van der Waals surface area (Å²) in [5.41, 5.74) is -1.41. The fourth-order valence-electron chi connectivity index (χ4n) is 1.42. The molecule has 1 aliphatic heterocycles. The van der Waals surface area contributed by atoms with E-state index in [4.69, 9.17) is 31.2 Å². The molecule has 0 saturated carbocycles. The van der Waals surface area contributed by atoms with Gasteiger partial charge >= 0.3 is 17.2 Å². The lowest BCUT2D eigenvalue weighted by Gasteiger charge is -2.24. The van der Waals surface area contributed by atoms with Crippen LogP contribution in [0.4, 0.5) is 0 Å². The molecule has 0 spiro atoms. The number of ether oxygens (including phenoxy) is 4. The minimum Gasteiger partial charge on any atom is -0.457 e. The molecule has 2 atom stereocenters. The summed E-state index contributed by atoms with van der Waals surface area (Å²) in [4.78, 5) is 24.0. The van der Waals surface area contributed by atoms with Crippen LogP contribution in [-0.2, 0) is 28.5 Å². The molecule has 6 nitrogen and oxygen atoms in total. The Balaban J connectivity index is 2.81. The van der Waals surface area contributed by atoms with Gasteiger partial charge in [0.15, 0.2) is 0 Å². The van der Waals surface area contributed by atoms with Gasteiger partial charge in [-0.05, 0) is 41.5 Å². The minimum absolute atomic E-state index is 0.267. The van der Waals surface area contributed by atoms with E-state index in [-0.39, 0.29) is 5.24 Å². The molecule has 0 radical (unpaired) electrons. The second kappa shape index (κ2) is 5.55. The maximum Gasteiger partial charge on any atom is 0.354 e. The zero-order chi connectivity index (χ0) is 15.7. The molecule has 1 aliphatic rings. The number of hydrogen-bond acceptors (Lipinski definition) is 7. The van der Waals surface area contributed by atoms with E-state index >= 15 is 0 Å². The molecule has 1 heterocycles. The number of esters is 2. The average molecular weight is 304 g/mol. The predicted octanol–water partition coefficient (Wildman–Crippen LogP) is 1.74. The van der Waals surface area contributed by atoms with Crippen molar-refractivity contribution in [2.24, 2.45) is 0 Å². The lowest BCUT2D eigenvalue weighted by atomic mass is 10.1. The van der Waals surface area contributed by atoms with Crippen molar-refractivity contribution in [1.29, 1.82) is 0 Å². The summed E-state index contributed by atoms with van der Waals surface area (Å²) in [5, 5.41) is -0.267. The number of hydrogen-bond donors (Lipinski definition) is 0. The van der Waals surface area contributed by atoms with E-state index in [1.54, 1.807) is 41.5 Å². The Kier molecular flexibility index (Phi) is 4.63. The minimum atomic E-state index is -1.24. The van der Waals surface area contributed by atoms with Gasteiger partial charge in [0.1, 0.15) is 11.2 Å². The molecule has 114 valence electrons. The van der Waals surface area contributed by atoms with Gasteiger partial charge in [-0.25, -0.2) is 9.59 Å². The third kappa shape index (κ3) is 4.96. The van der Waals surface area contributed by atoms with Crippen LogP contribution in [0.3, 0.4) is 0 Å². The smallest absolute Gasteiger partial charge is 0.354 e. The third-order valence-electron chi connectivity index (χ3n) is 2.00. The Morgan fingerprint density at radius 3 is 1.45 bits per heavy atom. The molecule has 0 amide bonds. The molecule has 0 aromatic heterocycles. The molecule has 0 aliphatic carbocycles. The van der Waals surface area contributed by atoms with Crippen LogP contribution in [0.2, 0.25) is 0 Å². The first-order chi connectivity index (χ1) is 8.89. The van der Waals surface area contributed by atoms with Gasteiger partial charge in [0.05, 0.1) is 0 Å². The van der Waals surface area contributed by atoms with Gasteiger partial charge in [-0.15, -0.1) is 0 Å². The third-order valence-corrected chi connectivity index (χ3v) is 2.19. The second-order valence-electron chi connectivity index (χ2n) is 6.39. The number of carbonyl (C=O) groups excluding carboxylic acids is 2. The van der Waals surface area contributed by atoms with Crippen molar-refractivity contribution < 1.29 is 28.5 Å². The lowest BCUT2D eigenvalue weighted by Crippen LogP contribution is -2.43. The molecule has 0 unspecified atom stereocenters. The fraction of sp³-hybridized carbons (Fsp3) is 0.769. The Bertz CT molecular complexity index is 380. The van der Waals surface area contributed by atoms with Crippen LogP contribution in [0.25, 0.3) is 0 Å². The summed E-state index contributed by atoms with van der Waals surface area (Å²) in [5.74, 6) is -1.43. The van der Waals surface area contributed by atoms with Crippen molar-refractivity contribution in [3.05, 3.63) is 0 Å². The van der Waals surface area contributed by atoms with Gasteiger partial charge < -0.3 is 18.9 Å². The van der Waals surface area contributed by atoms with Crippen molar-refractivity contribution in [1.82, 2.24) is 0 Å². The number of rotatable bonds is 2. The Morgan fingerprint density at radius 2 is 1.20 bits per heavy atom. The van der Waals surface area contributed by atoms with Gasteiger partial charge in [0.2, 0.25) is 12.2 Å². The summed E-state index contributed by atoms with van der Waals surface area (Å²) < 4.78 is 20.4. The first-order valence-corrected chi connectivity index (χ1v) is 6.63. The predicted molar refractivity (Wildman–Crippen MR) is 74.0 cm³/mol. The molecule has 20 heavy (non-hydrogen) atoms. The molecule has 1 fully saturated rings.